The summed E-state index contributed by atoms with van der Waals surface area (Å²) in [5.74, 6) is -0.165. The van der Waals surface area contributed by atoms with Gasteiger partial charge in [-0.15, -0.1) is 11.8 Å². The number of methoxy groups -OCH3 is 1. The molecule has 2 aromatic rings. The van der Waals surface area contributed by atoms with Crippen molar-refractivity contribution in [2.45, 2.75) is 17.9 Å². The van der Waals surface area contributed by atoms with Crippen LogP contribution in [0.1, 0.15) is 29.0 Å². The average Bonchev–Trinajstić information content (AvgIpc) is 2.60. The van der Waals surface area contributed by atoms with Gasteiger partial charge < -0.3 is 10.1 Å². The summed E-state index contributed by atoms with van der Waals surface area (Å²) in [6.45, 7) is 1.77. The maximum absolute atomic E-state index is 12.5. The van der Waals surface area contributed by atoms with Crippen LogP contribution in [-0.4, -0.2) is 29.2 Å². The highest BCUT2D eigenvalue weighted by Crippen LogP contribution is 2.34. The maximum Gasteiger partial charge on any atom is 0.285 e. The van der Waals surface area contributed by atoms with E-state index < -0.39 is 10.8 Å². The van der Waals surface area contributed by atoms with E-state index >= 15 is 0 Å². The molecule has 7 nitrogen and oxygen atoms in total. The molecule has 0 aliphatic rings. The molecule has 0 saturated carbocycles. The van der Waals surface area contributed by atoms with Crippen LogP contribution >= 0.6 is 11.8 Å². The van der Waals surface area contributed by atoms with Crippen molar-refractivity contribution >= 4 is 23.4 Å². The van der Waals surface area contributed by atoms with Gasteiger partial charge in [-0.3, -0.25) is 19.9 Å². The summed E-state index contributed by atoms with van der Waals surface area (Å²) < 4.78 is 5.15. The van der Waals surface area contributed by atoms with Crippen molar-refractivity contribution in [3.63, 3.8) is 0 Å². The number of thioether (sulfide) groups is 1. The number of nitro groups is 1. The van der Waals surface area contributed by atoms with E-state index in [1.165, 1.54) is 31.0 Å². The zero-order valence-electron chi connectivity index (χ0n) is 13.5. The van der Waals surface area contributed by atoms with Gasteiger partial charge >= 0.3 is 0 Å². The Labute approximate surface area is 143 Å². The van der Waals surface area contributed by atoms with Gasteiger partial charge in [-0.05, 0) is 31.4 Å². The van der Waals surface area contributed by atoms with Gasteiger partial charge in [-0.2, -0.15) is 0 Å². The zero-order chi connectivity index (χ0) is 17.7. The first-order valence-corrected chi connectivity index (χ1v) is 8.32. The monoisotopic (exact) mass is 347 g/mol. The van der Waals surface area contributed by atoms with Gasteiger partial charge in [0, 0.05) is 6.20 Å². The van der Waals surface area contributed by atoms with Crippen molar-refractivity contribution in [1.29, 1.82) is 0 Å². The third-order valence-corrected chi connectivity index (χ3v) is 4.18. The fourth-order valence-corrected chi connectivity index (χ4v) is 2.76. The minimum atomic E-state index is -0.590. The van der Waals surface area contributed by atoms with Crippen LogP contribution in [0.4, 0.5) is 5.69 Å². The summed E-state index contributed by atoms with van der Waals surface area (Å²) in [4.78, 5) is 28.1. The Bertz CT molecular complexity index is 752. The Kier molecular flexibility index (Phi) is 5.75. The third kappa shape index (κ3) is 3.83. The maximum atomic E-state index is 12.5. The van der Waals surface area contributed by atoms with Crippen molar-refractivity contribution in [2.24, 2.45) is 0 Å². The van der Waals surface area contributed by atoms with Crippen molar-refractivity contribution < 1.29 is 14.5 Å². The van der Waals surface area contributed by atoms with E-state index in [1.54, 1.807) is 25.3 Å². The van der Waals surface area contributed by atoms with Crippen LogP contribution in [0, 0.1) is 10.1 Å². The number of nitro benzene ring substituents is 1. The second kappa shape index (κ2) is 7.78. The third-order valence-electron chi connectivity index (χ3n) is 3.42. The topological polar surface area (TPSA) is 94.4 Å². The van der Waals surface area contributed by atoms with Gasteiger partial charge in [-0.1, -0.05) is 6.07 Å². The highest BCUT2D eigenvalue weighted by molar-refractivity contribution is 7.98. The molecule has 0 radical (unpaired) electrons. The van der Waals surface area contributed by atoms with Gasteiger partial charge in [0.25, 0.3) is 11.6 Å². The minimum Gasteiger partial charge on any atom is -0.495 e. The van der Waals surface area contributed by atoms with Gasteiger partial charge in [0.1, 0.15) is 11.3 Å². The molecule has 0 fully saturated rings. The lowest BCUT2D eigenvalue weighted by molar-refractivity contribution is -0.385. The summed E-state index contributed by atoms with van der Waals surface area (Å²) in [7, 11) is 1.43. The van der Waals surface area contributed by atoms with Gasteiger partial charge in [0.2, 0.25) is 0 Å². The number of hydrogen-bond donors (Lipinski definition) is 1. The van der Waals surface area contributed by atoms with E-state index in [-0.39, 0.29) is 17.3 Å². The van der Waals surface area contributed by atoms with E-state index in [2.05, 4.69) is 10.3 Å². The SMILES string of the molecule is COc1cc([N+](=O)[O-])c(C(=O)N[C@H](C)c2ccccn2)cc1SC. The van der Waals surface area contributed by atoms with Crippen molar-refractivity contribution in [1.82, 2.24) is 10.3 Å². The number of hydrogen-bond acceptors (Lipinski definition) is 6. The molecule has 0 unspecified atom stereocenters. The molecule has 24 heavy (non-hydrogen) atoms. The predicted octanol–water partition coefficient (Wildman–Crippen LogP) is 3.21. The first kappa shape index (κ1) is 17.7. The number of benzene rings is 1. The number of carbonyl (C=O) groups excluding carboxylic acids is 1. The van der Waals surface area contributed by atoms with Crippen LogP contribution in [0.15, 0.2) is 41.4 Å². The van der Waals surface area contributed by atoms with Crippen molar-refractivity contribution in [3.8, 4) is 5.75 Å². The molecule has 1 aromatic carbocycles. The first-order chi connectivity index (χ1) is 11.5. The molecular weight excluding hydrogens is 330 g/mol. The van der Waals surface area contributed by atoms with Crippen LogP contribution in [0.3, 0.4) is 0 Å². The Morgan fingerprint density at radius 2 is 2.17 bits per heavy atom. The van der Waals surface area contributed by atoms with Gasteiger partial charge in [0.15, 0.2) is 0 Å². The second-order valence-corrected chi connectivity index (χ2v) is 5.78. The van der Waals surface area contributed by atoms with E-state index in [4.69, 9.17) is 4.74 Å². The van der Waals surface area contributed by atoms with E-state index in [0.717, 1.165) is 0 Å². The molecule has 0 aliphatic heterocycles. The van der Waals surface area contributed by atoms with Gasteiger partial charge in [0.05, 0.1) is 34.7 Å². The number of carbonyl (C=O) groups is 1. The Morgan fingerprint density at radius 1 is 1.42 bits per heavy atom. The Morgan fingerprint density at radius 3 is 2.71 bits per heavy atom. The minimum absolute atomic E-state index is 0.00655. The number of ether oxygens (including phenoxy) is 1. The van der Waals surface area contributed by atoms with Crippen LogP contribution in [0.5, 0.6) is 5.75 Å². The number of nitrogens with zero attached hydrogens (tertiary/aromatic N) is 2. The molecule has 2 rings (SSSR count). The fourth-order valence-electron chi connectivity index (χ4n) is 2.18. The Balaban J connectivity index is 2.35. The molecule has 1 N–H and O–H groups in total. The lowest BCUT2D eigenvalue weighted by atomic mass is 10.1. The van der Waals surface area contributed by atoms with Crippen LogP contribution in [0.2, 0.25) is 0 Å². The summed E-state index contributed by atoms with van der Waals surface area (Å²) >= 11 is 1.35. The molecule has 0 saturated heterocycles. The molecule has 1 amide bonds. The predicted molar refractivity (Wildman–Crippen MR) is 91.5 cm³/mol. The molecular formula is C16H17N3O4S. The number of aromatic nitrogens is 1. The largest absolute Gasteiger partial charge is 0.495 e. The lowest BCUT2D eigenvalue weighted by Gasteiger charge is -2.14. The van der Waals surface area contributed by atoms with Crippen molar-refractivity contribution in [3.05, 3.63) is 57.9 Å². The highest BCUT2D eigenvalue weighted by atomic mass is 32.2. The van der Waals surface area contributed by atoms with Crippen molar-refractivity contribution in [2.75, 3.05) is 13.4 Å². The molecule has 126 valence electrons. The number of amides is 1. The molecule has 0 spiro atoms. The first-order valence-electron chi connectivity index (χ1n) is 7.10. The number of pyridine rings is 1. The number of rotatable bonds is 6. The fraction of sp³-hybridized carbons (Fsp3) is 0.250. The normalized spacial score (nSPS) is 11.6. The summed E-state index contributed by atoms with van der Waals surface area (Å²) in [6.07, 6.45) is 3.43. The second-order valence-electron chi connectivity index (χ2n) is 4.93. The van der Waals surface area contributed by atoms with Gasteiger partial charge in [-0.25, -0.2) is 0 Å². The summed E-state index contributed by atoms with van der Waals surface area (Å²) in [6, 6.07) is 7.73. The molecule has 1 aromatic heterocycles. The lowest BCUT2D eigenvalue weighted by Crippen LogP contribution is -2.27. The molecule has 1 heterocycles. The van der Waals surface area contributed by atoms with E-state index in [0.29, 0.717) is 16.3 Å². The summed E-state index contributed by atoms with van der Waals surface area (Å²) in [5, 5.41) is 14.0. The standard InChI is InChI=1S/C16H17N3O4S/c1-10(12-6-4-5-7-17-12)18-16(20)11-8-15(24-3)14(23-2)9-13(11)19(21)22/h4-10H,1-3H3,(H,18,20)/t10-/m1/s1. The van der Waals surface area contributed by atoms with E-state index in [1.807, 2.05) is 12.3 Å². The summed E-state index contributed by atoms with van der Waals surface area (Å²) in [5.41, 5.74) is 0.371. The van der Waals surface area contributed by atoms with Crippen LogP contribution < -0.4 is 10.1 Å². The van der Waals surface area contributed by atoms with Crippen LogP contribution in [-0.2, 0) is 0 Å². The van der Waals surface area contributed by atoms with E-state index in [9.17, 15) is 14.9 Å². The zero-order valence-corrected chi connectivity index (χ0v) is 14.3. The molecule has 1 atom stereocenters. The Hall–Kier alpha value is -2.61. The quantitative estimate of drug-likeness (QED) is 0.490. The average molecular weight is 347 g/mol. The highest BCUT2D eigenvalue weighted by Gasteiger charge is 2.25. The molecule has 8 heteroatoms. The van der Waals surface area contributed by atoms with Crippen LogP contribution in [0.25, 0.3) is 0 Å². The smallest absolute Gasteiger partial charge is 0.285 e. The molecule has 0 bridgehead atoms. The molecule has 0 aliphatic carbocycles. The number of nitrogens with one attached hydrogen (secondary N) is 1.